The van der Waals surface area contributed by atoms with Gasteiger partial charge >= 0.3 is 5.97 Å². The van der Waals surface area contributed by atoms with Crippen molar-refractivity contribution in [1.29, 1.82) is 0 Å². The molecule has 0 spiro atoms. The monoisotopic (exact) mass is 295 g/mol. The van der Waals surface area contributed by atoms with Crippen LogP contribution in [-0.4, -0.2) is 11.1 Å². The summed E-state index contributed by atoms with van der Waals surface area (Å²) in [4.78, 5) is 10.9. The largest absolute Gasteiger partial charge is 0.478 e. The second-order valence-electron chi connectivity index (χ2n) is 3.98. The molecule has 2 aromatic carbocycles. The molecule has 0 aliphatic heterocycles. The van der Waals surface area contributed by atoms with Crippen LogP contribution in [0, 0.1) is 0 Å². The van der Waals surface area contributed by atoms with Crippen molar-refractivity contribution in [3.8, 4) is 0 Å². The first-order valence-corrected chi connectivity index (χ1v) is 6.33. The number of anilines is 1. The van der Waals surface area contributed by atoms with Crippen molar-refractivity contribution in [1.82, 2.24) is 0 Å². The van der Waals surface area contributed by atoms with Crippen LogP contribution in [0.4, 0.5) is 5.69 Å². The lowest BCUT2D eigenvalue weighted by atomic mass is 10.2. The van der Waals surface area contributed by atoms with E-state index in [9.17, 15) is 4.79 Å². The number of aromatic carboxylic acids is 1. The van der Waals surface area contributed by atoms with Crippen LogP contribution in [0.25, 0.3) is 0 Å². The van der Waals surface area contributed by atoms with Crippen LogP contribution in [0.2, 0.25) is 10.0 Å². The van der Waals surface area contributed by atoms with E-state index in [-0.39, 0.29) is 5.56 Å². The van der Waals surface area contributed by atoms with E-state index in [2.05, 4.69) is 5.32 Å². The molecule has 2 rings (SSSR count). The normalized spacial score (nSPS) is 10.2. The maximum Gasteiger partial charge on any atom is 0.335 e. The topological polar surface area (TPSA) is 49.3 Å². The number of carboxylic acid groups (broad SMARTS) is 1. The van der Waals surface area contributed by atoms with E-state index in [1.54, 1.807) is 12.1 Å². The Bertz CT molecular complexity index is 614. The molecule has 0 saturated heterocycles. The predicted octanol–water partition coefficient (Wildman–Crippen LogP) is 4.30. The summed E-state index contributed by atoms with van der Waals surface area (Å²) in [6, 6.07) is 11.9. The minimum atomic E-state index is -0.984. The Hall–Kier alpha value is -1.71. The molecule has 0 aliphatic rings. The summed E-state index contributed by atoms with van der Waals surface area (Å²) < 4.78 is 0. The van der Waals surface area contributed by atoms with Crippen LogP contribution in [0.1, 0.15) is 15.9 Å². The molecule has 98 valence electrons. The van der Waals surface area contributed by atoms with E-state index in [1.807, 2.05) is 18.2 Å². The summed E-state index contributed by atoms with van der Waals surface area (Å²) in [5, 5.41) is 13.2. The summed E-state index contributed by atoms with van der Waals surface area (Å²) in [7, 11) is 0. The molecule has 0 bridgehead atoms. The van der Waals surface area contributed by atoms with Gasteiger partial charge in [-0.2, -0.15) is 0 Å². The van der Waals surface area contributed by atoms with Gasteiger partial charge in [0.2, 0.25) is 0 Å². The average Bonchev–Trinajstić information content (AvgIpc) is 2.37. The van der Waals surface area contributed by atoms with Gasteiger partial charge in [-0.25, -0.2) is 4.79 Å². The maximum atomic E-state index is 10.9. The zero-order chi connectivity index (χ0) is 13.8. The molecule has 5 heteroatoms. The van der Waals surface area contributed by atoms with Crippen molar-refractivity contribution in [2.24, 2.45) is 0 Å². The van der Waals surface area contributed by atoms with Gasteiger partial charge in [0.1, 0.15) is 0 Å². The van der Waals surface area contributed by atoms with Crippen LogP contribution >= 0.6 is 23.2 Å². The van der Waals surface area contributed by atoms with Crippen molar-refractivity contribution in [2.45, 2.75) is 6.54 Å². The minimum Gasteiger partial charge on any atom is -0.478 e. The lowest BCUT2D eigenvalue weighted by Gasteiger charge is -2.09. The van der Waals surface area contributed by atoms with Gasteiger partial charge in [0.05, 0.1) is 16.3 Å². The summed E-state index contributed by atoms with van der Waals surface area (Å²) in [6.07, 6.45) is 0. The van der Waals surface area contributed by atoms with Gasteiger partial charge < -0.3 is 10.4 Å². The third-order valence-corrected chi connectivity index (χ3v) is 3.15. The number of benzene rings is 2. The van der Waals surface area contributed by atoms with E-state index in [4.69, 9.17) is 28.3 Å². The average molecular weight is 296 g/mol. The van der Waals surface area contributed by atoms with E-state index < -0.39 is 5.97 Å². The third kappa shape index (κ3) is 3.63. The van der Waals surface area contributed by atoms with E-state index in [1.165, 1.54) is 12.1 Å². The standard InChI is InChI=1S/C14H11Cl2NO2/c15-11-3-1-2-9(6-11)8-17-13-7-10(14(18)19)4-5-12(13)16/h1-7,17H,8H2,(H,18,19). The Kier molecular flexibility index (Phi) is 4.30. The van der Waals surface area contributed by atoms with Gasteiger partial charge in [0.15, 0.2) is 0 Å². The minimum absolute atomic E-state index is 0.193. The number of nitrogens with one attached hydrogen (secondary N) is 1. The Morgan fingerprint density at radius 3 is 2.63 bits per heavy atom. The second kappa shape index (κ2) is 5.95. The Balaban J connectivity index is 2.15. The number of carboxylic acids is 1. The molecule has 19 heavy (non-hydrogen) atoms. The second-order valence-corrected chi connectivity index (χ2v) is 4.83. The molecule has 3 nitrogen and oxygen atoms in total. The van der Waals surface area contributed by atoms with E-state index in [0.29, 0.717) is 22.3 Å². The van der Waals surface area contributed by atoms with Crippen LogP contribution in [0.15, 0.2) is 42.5 Å². The van der Waals surface area contributed by atoms with Gasteiger partial charge in [-0.3, -0.25) is 0 Å². The van der Waals surface area contributed by atoms with Crippen molar-refractivity contribution in [3.05, 3.63) is 63.6 Å². The van der Waals surface area contributed by atoms with Crippen molar-refractivity contribution >= 4 is 34.9 Å². The summed E-state index contributed by atoms with van der Waals surface area (Å²) >= 11 is 11.9. The Morgan fingerprint density at radius 2 is 1.95 bits per heavy atom. The number of halogens is 2. The number of carbonyl (C=O) groups is 1. The van der Waals surface area contributed by atoms with Gasteiger partial charge in [-0.05, 0) is 35.9 Å². The van der Waals surface area contributed by atoms with Gasteiger partial charge in [0, 0.05) is 11.6 Å². The summed E-state index contributed by atoms with van der Waals surface area (Å²) in [5.41, 5.74) is 1.77. The van der Waals surface area contributed by atoms with Crippen LogP contribution in [-0.2, 0) is 6.54 Å². The predicted molar refractivity (Wildman–Crippen MR) is 77.2 cm³/mol. The zero-order valence-corrected chi connectivity index (χ0v) is 11.4. The fourth-order valence-corrected chi connectivity index (χ4v) is 2.04. The van der Waals surface area contributed by atoms with E-state index in [0.717, 1.165) is 5.56 Å². The fraction of sp³-hybridized carbons (Fsp3) is 0.0714. The molecule has 0 heterocycles. The highest BCUT2D eigenvalue weighted by atomic mass is 35.5. The van der Waals surface area contributed by atoms with Crippen LogP contribution in [0.5, 0.6) is 0 Å². The SMILES string of the molecule is O=C(O)c1ccc(Cl)c(NCc2cccc(Cl)c2)c1. The first-order valence-electron chi connectivity index (χ1n) is 5.57. The first-order chi connectivity index (χ1) is 9.06. The molecular weight excluding hydrogens is 285 g/mol. The van der Waals surface area contributed by atoms with Crippen molar-refractivity contribution in [2.75, 3.05) is 5.32 Å². The quantitative estimate of drug-likeness (QED) is 0.884. The van der Waals surface area contributed by atoms with Gasteiger partial charge in [-0.1, -0.05) is 35.3 Å². The molecule has 2 N–H and O–H groups in total. The molecule has 0 atom stereocenters. The van der Waals surface area contributed by atoms with Gasteiger partial charge in [-0.15, -0.1) is 0 Å². The van der Waals surface area contributed by atoms with Crippen LogP contribution < -0.4 is 5.32 Å². The number of rotatable bonds is 4. The summed E-state index contributed by atoms with van der Waals surface area (Å²) in [5.74, 6) is -0.984. The zero-order valence-electron chi connectivity index (χ0n) is 9.86. The molecule has 0 aliphatic carbocycles. The Morgan fingerprint density at radius 1 is 1.16 bits per heavy atom. The van der Waals surface area contributed by atoms with Crippen LogP contribution in [0.3, 0.4) is 0 Å². The molecule has 2 aromatic rings. The Labute approximate surface area is 120 Å². The molecule has 0 radical (unpaired) electrons. The fourth-order valence-electron chi connectivity index (χ4n) is 1.64. The van der Waals surface area contributed by atoms with Crippen molar-refractivity contribution < 1.29 is 9.90 Å². The smallest absolute Gasteiger partial charge is 0.335 e. The molecule has 0 fully saturated rings. The maximum absolute atomic E-state index is 10.9. The highest BCUT2D eigenvalue weighted by molar-refractivity contribution is 6.33. The highest BCUT2D eigenvalue weighted by Gasteiger charge is 2.07. The molecule has 0 saturated carbocycles. The molecule has 0 unspecified atom stereocenters. The molecule has 0 amide bonds. The highest BCUT2D eigenvalue weighted by Crippen LogP contribution is 2.24. The third-order valence-electron chi connectivity index (χ3n) is 2.59. The number of hydrogen-bond donors (Lipinski definition) is 2. The molecule has 0 aromatic heterocycles. The molecular formula is C14H11Cl2NO2. The lowest BCUT2D eigenvalue weighted by molar-refractivity contribution is 0.0697. The van der Waals surface area contributed by atoms with Gasteiger partial charge in [0.25, 0.3) is 0 Å². The first kappa shape index (κ1) is 13.7. The lowest BCUT2D eigenvalue weighted by Crippen LogP contribution is -2.02. The van der Waals surface area contributed by atoms with Crippen molar-refractivity contribution in [3.63, 3.8) is 0 Å². The number of hydrogen-bond acceptors (Lipinski definition) is 2. The summed E-state index contributed by atoms with van der Waals surface area (Å²) in [6.45, 7) is 0.517. The van der Waals surface area contributed by atoms with E-state index >= 15 is 0 Å².